The Kier molecular flexibility index (Phi) is 2.76. The van der Waals surface area contributed by atoms with Crippen molar-refractivity contribution >= 4 is 11.6 Å². The molecular formula is C9H13ClN2O. The van der Waals surface area contributed by atoms with Gasteiger partial charge in [0.25, 0.3) is 0 Å². The number of hydrogen-bond donors (Lipinski definition) is 0. The minimum absolute atomic E-state index is 0.213. The third kappa shape index (κ3) is 3.19. The van der Waals surface area contributed by atoms with E-state index in [0.29, 0.717) is 5.88 Å². The third-order valence-electron chi connectivity index (χ3n) is 1.30. The number of hydrogen-bond acceptors (Lipinski definition) is 3. The fraction of sp³-hybridized carbons (Fsp3) is 0.556. The van der Waals surface area contributed by atoms with Crippen LogP contribution in [-0.4, -0.2) is 15.6 Å². The van der Waals surface area contributed by atoms with Crippen LogP contribution in [0.4, 0.5) is 0 Å². The summed E-state index contributed by atoms with van der Waals surface area (Å²) >= 11 is 5.64. The molecule has 0 radical (unpaired) electrons. The SMILES string of the molecule is Cc1cnc(Cl)nc1OC(C)(C)C. The molecule has 1 aromatic rings. The van der Waals surface area contributed by atoms with Crippen molar-refractivity contribution in [3.8, 4) is 5.88 Å². The molecule has 13 heavy (non-hydrogen) atoms. The van der Waals surface area contributed by atoms with Crippen molar-refractivity contribution in [1.82, 2.24) is 9.97 Å². The van der Waals surface area contributed by atoms with Crippen LogP contribution in [0.15, 0.2) is 6.20 Å². The zero-order chi connectivity index (χ0) is 10.1. The molecule has 0 amide bonds. The van der Waals surface area contributed by atoms with Gasteiger partial charge in [-0.25, -0.2) is 4.98 Å². The number of aryl methyl sites for hydroxylation is 1. The molecule has 3 nitrogen and oxygen atoms in total. The fourth-order valence-electron chi connectivity index (χ4n) is 0.799. The maximum atomic E-state index is 5.64. The van der Waals surface area contributed by atoms with Gasteiger partial charge in [0, 0.05) is 11.8 Å². The van der Waals surface area contributed by atoms with Gasteiger partial charge >= 0.3 is 0 Å². The number of nitrogens with zero attached hydrogens (tertiary/aromatic N) is 2. The van der Waals surface area contributed by atoms with Gasteiger partial charge < -0.3 is 4.74 Å². The van der Waals surface area contributed by atoms with E-state index in [1.54, 1.807) is 6.20 Å². The molecule has 0 aliphatic carbocycles. The second-order valence-electron chi connectivity index (χ2n) is 3.84. The van der Waals surface area contributed by atoms with Gasteiger partial charge in [-0.1, -0.05) is 0 Å². The smallest absolute Gasteiger partial charge is 0.225 e. The van der Waals surface area contributed by atoms with Crippen molar-refractivity contribution < 1.29 is 4.74 Å². The first-order valence-corrected chi connectivity index (χ1v) is 4.44. The van der Waals surface area contributed by atoms with Crippen LogP contribution in [0.2, 0.25) is 5.28 Å². The largest absolute Gasteiger partial charge is 0.472 e. The van der Waals surface area contributed by atoms with Crippen LogP contribution < -0.4 is 4.74 Å². The lowest BCUT2D eigenvalue weighted by Gasteiger charge is -2.21. The lowest BCUT2D eigenvalue weighted by atomic mass is 10.2. The topological polar surface area (TPSA) is 35.0 Å². The Labute approximate surface area is 83.1 Å². The first kappa shape index (κ1) is 10.3. The number of halogens is 1. The van der Waals surface area contributed by atoms with Crippen LogP contribution >= 0.6 is 11.6 Å². The standard InChI is InChI=1S/C9H13ClN2O/c1-6-5-11-8(10)12-7(6)13-9(2,3)4/h5H,1-4H3. The first-order chi connectivity index (χ1) is 5.88. The molecule has 1 heterocycles. The minimum Gasteiger partial charge on any atom is -0.472 e. The molecule has 0 aliphatic rings. The molecule has 1 aromatic heterocycles. The molecule has 0 saturated carbocycles. The van der Waals surface area contributed by atoms with E-state index in [2.05, 4.69) is 9.97 Å². The van der Waals surface area contributed by atoms with Gasteiger partial charge in [0.1, 0.15) is 5.60 Å². The fourth-order valence-corrected chi connectivity index (χ4v) is 0.925. The van der Waals surface area contributed by atoms with Gasteiger partial charge in [0.2, 0.25) is 11.2 Å². The summed E-state index contributed by atoms with van der Waals surface area (Å²) in [7, 11) is 0. The second-order valence-corrected chi connectivity index (χ2v) is 4.18. The van der Waals surface area contributed by atoms with Crippen LogP contribution in [0.3, 0.4) is 0 Å². The van der Waals surface area contributed by atoms with Crippen molar-refractivity contribution in [2.45, 2.75) is 33.3 Å². The summed E-state index contributed by atoms with van der Waals surface area (Å²) in [6.07, 6.45) is 1.65. The number of ether oxygens (including phenoxy) is 1. The predicted octanol–water partition coefficient (Wildman–Crippen LogP) is 2.62. The Hall–Kier alpha value is -0.830. The Balaban J connectivity index is 2.94. The van der Waals surface area contributed by atoms with Crippen molar-refractivity contribution in [3.05, 3.63) is 17.0 Å². The van der Waals surface area contributed by atoms with Crippen LogP contribution in [0, 0.1) is 6.92 Å². The van der Waals surface area contributed by atoms with Gasteiger partial charge in [0.15, 0.2) is 0 Å². The molecule has 0 spiro atoms. The first-order valence-electron chi connectivity index (χ1n) is 4.06. The van der Waals surface area contributed by atoms with E-state index in [0.717, 1.165) is 5.56 Å². The molecule has 0 bridgehead atoms. The summed E-state index contributed by atoms with van der Waals surface area (Å²) in [5.74, 6) is 0.549. The molecular weight excluding hydrogens is 188 g/mol. The molecule has 72 valence electrons. The lowest BCUT2D eigenvalue weighted by molar-refractivity contribution is 0.122. The highest BCUT2D eigenvalue weighted by molar-refractivity contribution is 6.28. The Bertz CT molecular complexity index is 307. The van der Waals surface area contributed by atoms with Crippen molar-refractivity contribution in [2.75, 3.05) is 0 Å². The predicted molar refractivity (Wildman–Crippen MR) is 52.2 cm³/mol. The average molecular weight is 201 g/mol. The maximum Gasteiger partial charge on any atom is 0.225 e. The number of aromatic nitrogens is 2. The highest BCUT2D eigenvalue weighted by Crippen LogP contribution is 2.20. The quantitative estimate of drug-likeness (QED) is 0.654. The van der Waals surface area contributed by atoms with Crippen LogP contribution in [0.5, 0.6) is 5.88 Å². The highest BCUT2D eigenvalue weighted by atomic mass is 35.5. The normalized spacial score (nSPS) is 11.5. The average Bonchev–Trinajstić information content (AvgIpc) is 1.94. The summed E-state index contributed by atoms with van der Waals surface area (Å²) < 4.78 is 5.58. The van der Waals surface area contributed by atoms with E-state index in [4.69, 9.17) is 16.3 Å². The van der Waals surface area contributed by atoms with E-state index < -0.39 is 0 Å². The molecule has 0 unspecified atom stereocenters. The summed E-state index contributed by atoms with van der Waals surface area (Å²) in [5, 5.41) is 0.213. The monoisotopic (exact) mass is 200 g/mol. The molecule has 0 fully saturated rings. The zero-order valence-corrected chi connectivity index (χ0v) is 9.01. The minimum atomic E-state index is -0.261. The summed E-state index contributed by atoms with van der Waals surface area (Å²) in [5.41, 5.74) is 0.627. The van der Waals surface area contributed by atoms with Gasteiger partial charge in [-0.3, -0.25) is 0 Å². The number of rotatable bonds is 1. The van der Waals surface area contributed by atoms with Crippen LogP contribution in [-0.2, 0) is 0 Å². The third-order valence-corrected chi connectivity index (χ3v) is 1.48. The van der Waals surface area contributed by atoms with Crippen molar-refractivity contribution in [3.63, 3.8) is 0 Å². The van der Waals surface area contributed by atoms with Crippen LogP contribution in [0.25, 0.3) is 0 Å². The van der Waals surface area contributed by atoms with Gasteiger partial charge in [-0.05, 0) is 39.3 Å². The zero-order valence-electron chi connectivity index (χ0n) is 8.26. The summed E-state index contributed by atoms with van der Waals surface area (Å²) in [4.78, 5) is 7.83. The Morgan fingerprint density at radius 3 is 2.54 bits per heavy atom. The molecule has 0 atom stereocenters. The van der Waals surface area contributed by atoms with E-state index in [1.807, 2.05) is 27.7 Å². The van der Waals surface area contributed by atoms with Crippen molar-refractivity contribution in [1.29, 1.82) is 0 Å². The highest BCUT2D eigenvalue weighted by Gasteiger charge is 2.14. The Morgan fingerprint density at radius 1 is 1.38 bits per heavy atom. The molecule has 4 heteroatoms. The van der Waals surface area contributed by atoms with E-state index >= 15 is 0 Å². The molecule has 0 aromatic carbocycles. The van der Waals surface area contributed by atoms with E-state index in [9.17, 15) is 0 Å². The molecule has 0 aliphatic heterocycles. The van der Waals surface area contributed by atoms with Gasteiger partial charge in [0.05, 0.1) is 0 Å². The lowest BCUT2D eigenvalue weighted by Crippen LogP contribution is -2.24. The summed E-state index contributed by atoms with van der Waals surface area (Å²) in [6.45, 7) is 7.77. The molecule has 0 N–H and O–H groups in total. The maximum absolute atomic E-state index is 5.64. The van der Waals surface area contributed by atoms with Crippen LogP contribution in [0.1, 0.15) is 26.3 Å². The molecule has 0 saturated heterocycles. The van der Waals surface area contributed by atoms with Gasteiger partial charge in [-0.2, -0.15) is 4.98 Å². The summed E-state index contributed by atoms with van der Waals surface area (Å²) in [6, 6.07) is 0. The van der Waals surface area contributed by atoms with E-state index in [-0.39, 0.29) is 10.9 Å². The van der Waals surface area contributed by atoms with Crippen molar-refractivity contribution in [2.24, 2.45) is 0 Å². The van der Waals surface area contributed by atoms with Gasteiger partial charge in [-0.15, -0.1) is 0 Å². The van der Waals surface area contributed by atoms with E-state index in [1.165, 1.54) is 0 Å². The molecule has 1 rings (SSSR count). The Morgan fingerprint density at radius 2 is 2.00 bits per heavy atom. The second kappa shape index (κ2) is 3.50.